The predicted octanol–water partition coefficient (Wildman–Crippen LogP) is 3.82. The van der Waals surface area contributed by atoms with Gasteiger partial charge in [-0.15, -0.1) is 0 Å². The van der Waals surface area contributed by atoms with Crippen molar-refractivity contribution in [2.45, 2.75) is 58.8 Å². The van der Waals surface area contributed by atoms with Crippen LogP contribution in [0, 0.1) is 29.1 Å². The van der Waals surface area contributed by atoms with Crippen molar-refractivity contribution >= 4 is 5.78 Å². The summed E-state index contributed by atoms with van der Waals surface area (Å²) in [7, 11) is 0. The van der Waals surface area contributed by atoms with E-state index in [9.17, 15) is 4.79 Å². The number of hydrogen-bond acceptors (Lipinski definition) is 1. The van der Waals surface area contributed by atoms with E-state index in [2.05, 4.69) is 6.92 Å². The van der Waals surface area contributed by atoms with E-state index in [0.717, 1.165) is 24.2 Å². The van der Waals surface area contributed by atoms with E-state index in [0.29, 0.717) is 17.1 Å². The molecule has 0 amide bonds. The first-order chi connectivity index (χ1) is 7.63. The smallest absolute Gasteiger partial charge is 0.135 e. The van der Waals surface area contributed by atoms with E-state index < -0.39 is 0 Å². The van der Waals surface area contributed by atoms with Gasteiger partial charge in [-0.1, -0.05) is 13.8 Å². The Balaban J connectivity index is 1.85. The van der Waals surface area contributed by atoms with Gasteiger partial charge < -0.3 is 0 Å². The zero-order valence-electron chi connectivity index (χ0n) is 10.7. The second kappa shape index (κ2) is 3.58. The first-order valence-corrected chi connectivity index (χ1v) is 7.15. The van der Waals surface area contributed by atoms with Gasteiger partial charge in [0.25, 0.3) is 0 Å². The lowest BCUT2D eigenvalue weighted by atomic mass is 9.46. The van der Waals surface area contributed by atoms with Crippen LogP contribution in [0.1, 0.15) is 58.8 Å². The van der Waals surface area contributed by atoms with Crippen LogP contribution in [0.3, 0.4) is 0 Å². The summed E-state index contributed by atoms with van der Waals surface area (Å²) in [4.78, 5) is 12.0. The van der Waals surface area contributed by atoms with Gasteiger partial charge in [-0.3, -0.25) is 4.79 Å². The first-order valence-electron chi connectivity index (χ1n) is 7.15. The normalized spacial score (nSPS) is 47.0. The standard InChI is InChI=1S/C15H24O/c1-3-14(16)10(2)15-7-11-4-12(8-15)6-13(5-11)9-15/h10-13H,3-9H2,1-2H3/t10-,11?,12?,13?,15?/m1/s1. The summed E-state index contributed by atoms with van der Waals surface area (Å²) >= 11 is 0. The third-order valence-electron chi connectivity index (χ3n) is 5.84. The molecular formula is C15H24O. The maximum Gasteiger partial charge on any atom is 0.135 e. The summed E-state index contributed by atoms with van der Waals surface area (Å²) in [6, 6.07) is 0. The second-order valence-electron chi connectivity index (χ2n) is 6.82. The maximum absolute atomic E-state index is 12.0. The van der Waals surface area contributed by atoms with Gasteiger partial charge in [0, 0.05) is 12.3 Å². The number of ketones is 1. The lowest BCUT2D eigenvalue weighted by Crippen LogP contribution is -2.50. The molecule has 4 bridgehead atoms. The van der Waals surface area contributed by atoms with Gasteiger partial charge in [-0.25, -0.2) is 0 Å². The topological polar surface area (TPSA) is 17.1 Å². The Morgan fingerprint density at radius 2 is 1.56 bits per heavy atom. The van der Waals surface area contributed by atoms with Gasteiger partial charge in [-0.05, 0) is 61.7 Å². The van der Waals surface area contributed by atoms with Crippen molar-refractivity contribution in [2.75, 3.05) is 0 Å². The highest BCUT2D eigenvalue weighted by Gasteiger charge is 2.54. The van der Waals surface area contributed by atoms with Crippen LogP contribution in [-0.4, -0.2) is 5.78 Å². The molecule has 4 aliphatic rings. The Morgan fingerprint density at radius 3 is 1.94 bits per heavy atom. The van der Waals surface area contributed by atoms with E-state index in [1.807, 2.05) is 6.92 Å². The molecule has 1 atom stereocenters. The highest BCUT2D eigenvalue weighted by molar-refractivity contribution is 5.81. The third kappa shape index (κ3) is 1.47. The zero-order chi connectivity index (χ0) is 11.3. The van der Waals surface area contributed by atoms with Crippen LogP contribution in [0.15, 0.2) is 0 Å². The molecule has 0 unspecified atom stereocenters. The van der Waals surface area contributed by atoms with Gasteiger partial charge in [0.05, 0.1) is 0 Å². The van der Waals surface area contributed by atoms with Crippen molar-refractivity contribution in [3.8, 4) is 0 Å². The minimum Gasteiger partial charge on any atom is -0.299 e. The van der Waals surface area contributed by atoms with Crippen LogP contribution in [-0.2, 0) is 4.79 Å². The molecule has 90 valence electrons. The zero-order valence-corrected chi connectivity index (χ0v) is 10.7. The fourth-order valence-electron chi connectivity index (χ4n) is 5.36. The molecule has 0 radical (unpaired) electrons. The summed E-state index contributed by atoms with van der Waals surface area (Å²) in [6.45, 7) is 4.25. The minimum atomic E-state index is 0.339. The molecule has 4 aliphatic carbocycles. The molecule has 0 aliphatic heterocycles. The molecule has 0 saturated heterocycles. The van der Waals surface area contributed by atoms with E-state index >= 15 is 0 Å². The SMILES string of the molecule is CCC(=O)[C@@H](C)C12CC3CC(CC(C3)C1)C2. The molecule has 4 saturated carbocycles. The molecule has 0 aromatic carbocycles. The lowest BCUT2D eigenvalue weighted by Gasteiger charge is -2.58. The fraction of sp³-hybridized carbons (Fsp3) is 0.933. The molecule has 0 aromatic heterocycles. The predicted molar refractivity (Wildman–Crippen MR) is 65.1 cm³/mol. The Hall–Kier alpha value is -0.330. The van der Waals surface area contributed by atoms with Gasteiger partial charge in [-0.2, -0.15) is 0 Å². The largest absolute Gasteiger partial charge is 0.299 e. The molecule has 4 rings (SSSR count). The van der Waals surface area contributed by atoms with Crippen LogP contribution in [0.2, 0.25) is 0 Å². The average molecular weight is 220 g/mol. The molecule has 0 aromatic rings. The summed E-state index contributed by atoms with van der Waals surface area (Å²) in [5.74, 6) is 3.77. The average Bonchev–Trinajstić information content (AvgIpc) is 2.25. The van der Waals surface area contributed by atoms with Gasteiger partial charge in [0.1, 0.15) is 5.78 Å². The van der Waals surface area contributed by atoms with Crippen LogP contribution in [0.25, 0.3) is 0 Å². The number of carbonyl (C=O) groups is 1. The van der Waals surface area contributed by atoms with Crippen molar-refractivity contribution in [2.24, 2.45) is 29.1 Å². The van der Waals surface area contributed by atoms with Gasteiger partial charge in [0.2, 0.25) is 0 Å². The van der Waals surface area contributed by atoms with Crippen molar-refractivity contribution < 1.29 is 4.79 Å². The fourth-order valence-corrected chi connectivity index (χ4v) is 5.36. The molecule has 0 heterocycles. The first kappa shape index (κ1) is 10.8. The van der Waals surface area contributed by atoms with E-state index in [-0.39, 0.29) is 0 Å². The summed E-state index contributed by atoms with van der Waals surface area (Å²) in [6.07, 6.45) is 9.28. The van der Waals surface area contributed by atoms with Crippen molar-refractivity contribution in [3.05, 3.63) is 0 Å². The Bertz CT molecular complexity index is 269. The molecule has 4 fully saturated rings. The second-order valence-corrected chi connectivity index (χ2v) is 6.82. The van der Waals surface area contributed by atoms with Crippen LogP contribution < -0.4 is 0 Å². The monoisotopic (exact) mass is 220 g/mol. The quantitative estimate of drug-likeness (QED) is 0.706. The summed E-state index contributed by atoms with van der Waals surface area (Å²) in [5.41, 5.74) is 0.432. The van der Waals surface area contributed by atoms with Crippen molar-refractivity contribution in [1.29, 1.82) is 0 Å². The maximum atomic E-state index is 12.0. The van der Waals surface area contributed by atoms with E-state index in [4.69, 9.17) is 0 Å². The van der Waals surface area contributed by atoms with Crippen LogP contribution in [0.4, 0.5) is 0 Å². The van der Waals surface area contributed by atoms with Crippen LogP contribution >= 0.6 is 0 Å². The Labute approximate surface area is 99.0 Å². The molecule has 1 nitrogen and oxygen atoms in total. The lowest BCUT2D eigenvalue weighted by molar-refractivity contribution is -0.137. The summed E-state index contributed by atoms with van der Waals surface area (Å²) in [5, 5.41) is 0. The molecule has 16 heavy (non-hydrogen) atoms. The highest BCUT2D eigenvalue weighted by Crippen LogP contribution is 2.62. The minimum absolute atomic E-state index is 0.339. The van der Waals surface area contributed by atoms with Gasteiger partial charge >= 0.3 is 0 Å². The van der Waals surface area contributed by atoms with Crippen molar-refractivity contribution in [3.63, 3.8) is 0 Å². The van der Waals surface area contributed by atoms with Crippen LogP contribution in [0.5, 0.6) is 0 Å². The van der Waals surface area contributed by atoms with Gasteiger partial charge in [0.15, 0.2) is 0 Å². The number of rotatable bonds is 3. The number of carbonyl (C=O) groups excluding carboxylic acids is 1. The number of Topliss-reactive ketones (excluding diaryl/α,β-unsaturated/α-hetero) is 1. The highest BCUT2D eigenvalue weighted by atomic mass is 16.1. The molecule has 0 N–H and O–H groups in total. The summed E-state index contributed by atoms with van der Waals surface area (Å²) < 4.78 is 0. The van der Waals surface area contributed by atoms with Crippen molar-refractivity contribution in [1.82, 2.24) is 0 Å². The third-order valence-corrected chi connectivity index (χ3v) is 5.84. The molecular weight excluding hydrogens is 196 g/mol. The molecule has 1 heteroatoms. The van der Waals surface area contributed by atoms with E-state index in [1.54, 1.807) is 0 Å². The Morgan fingerprint density at radius 1 is 1.12 bits per heavy atom. The van der Waals surface area contributed by atoms with E-state index in [1.165, 1.54) is 38.5 Å². The number of hydrogen-bond donors (Lipinski definition) is 0. The molecule has 0 spiro atoms. The Kier molecular flexibility index (Phi) is 2.42.